The quantitative estimate of drug-likeness (QED) is 0.891. The summed E-state index contributed by atoms with van der Waals surface area (Å²) in [6.07, 6.45) is 2.81. The van der Waals surface area contributed by atoms with Gasteiger partial charge >= 0.3 is 0 Å². The highest BCUT2D eigenvalue weighted by atomic mass is 16.4. The molecule has 5 nitrogen and oxygen atoms in total. The SMILES string of the molecule is CCc1ccc(C(=O)N(Cc2ccc(C(N)=O)cc2)C2CC2)o1. The predicted molar refractivity (Wildman–Crippen MR) is 85.9 cm³/mol. The summed E-state index contributed by atoms with van der Waals surface area (Å²) in [7, 11) is 0. The van der Waals surface area contributed by atoms with Gasteiger partial charge in [-0.05, 0) is 42.7 Å². The van der Waals surface area contributed by atoms with E-state index in [1.54, 1.807) is 18.2 Å². The molecule has 3 rings (SSSR count). The number of rotatable bonds is 6. The van der Waals surface area contributed by atoms with Crippen LogP contribution in [-0.2, 0) is 13.0 Å². The van der Waals surface area contributed by atoms with E-state index in [1.807, 2.05) is 30.0 Å². The Bertz CT molecular complexity index is 714. The smallest absolute Gasteiger partial charge is 0.290 e. The van der Waals surface area contributed by atoms with Crippen molar-refractivity contribution in [3.05, 3.63) is 59.0 Å². The van der Waals surface area contributed by atoms with Gasteiger partial charge in [-0.1, -0.05) is 19.1 Å². The lowest BCUT2D eigenvalue weighted by molar-refractivity contribution is 0.0695. The standard InChI is InChI=1S/C18H20N2O3/c1-2-15-9-10-16(23-15)18(22)20(14-7-8-14)11-12-3-5-13(6-4-12)17(19)21/h3-6,9-10,14H,2,7-8,11H2,1H3,(H2,19,21). The average Bonchev–Trinajstić information content (AvgIpc) is 3.28. The van der Waals surface area contributed by atoms with Gasteiger partial charge in [0.25, 0.3) is 5.91 Å². The Hall–Kier alpha value is -2.56. The zero-order valence-electron chi connectivity index (χ0n) is 13.1. The molecule has 23 heavy (non-hydrogen) atoms. The molecular formula is C18H20N2O3. The van der Waals surface area contributed by atoms with Crippen LogP contribution >= 0.6 is 0 Å². The lowest BCUT2D eigenvalue weighted by atomic mass is 10.1. The molecular weight excluding hydrogens is 292 g/mol. The van der Waals surface area contributed by atoms with Crippen LogP contribution in [0, 0.1) is 0 Å². The molecule has 1 aliphatic rings. The van der Waals surface area contributed by atoms with E-state index in [0.29, 0.717) is 17.9 Å². The first-order chi connectivity index (χ1) is 11.1. The van der Waals surface area contributed by atoms with Gasteiger partial charge in [-0.2, -0.15) is 0 Å². The monoisotopic (exact) mass is 312 g/mol. The molecule has 2 N–H and O–H groups in total. The molecule has 5 heteroatoms. The normalized spacial score (nSPS) is 13.8. The van der Waals surface area contributed by atoms with Crippen molar-refractivity contribution in [2.24, 2.45) is 5.73 Å². The second-order valence-corrected chi connectivity index (χ2v) is 5.84. The van der Waals surface area contributed by atoms with E-state index in [0.717, 1.165) is 30.6 Å². The summed E-state index contributed by atoms with van der Waals surface area (Å²) in [5.74, 6) is 0.679. The number of benzene rings is 1. The number of furan rings is 1. The lowest BCUT2D eigenvalue weighted by Gasteiger charge is -2.21. The molecule has 2 aromatic rings. The van der Waals surface area contributed by atoms with Crippen LogP contribution in [0.25, 0.3) is 0 Å². The van der Waals surface area contributed by atoms with Crippen molar-refractivity contribution in [3.8, 4) is 0 Å². The summed E-state index contributed by atoms with van der Waals surface area (Å²) in [6.45, 7) is 2.50. The van der Waals surface area contributed by atoms with Gasteiger partial charge in [0.05, 0.1) is 0 Å². The Morgan fingerprint density at radius 3 is 2.39 bits per heavy atom. The summed E-state index contributed by atoms with van der Waals surface area (Å²) in [5.41, 5.74) is 6.69. The predicted octanol–water partition coefficient (Wildman–Crippen LogP) is 2.75. The number of hydrogen-bond acceptors (Lipinski definition) is 3. The molecule has 1 fully saturated rings. The molecule has 0 spiro atoms. The fourth-order valence-electron chi connectivity index (χ4n) is 2.55. The van der Waals surface area contributed by atoms with E-state index < -0.39 is 5.91 Å². The minimum Gasteiger partial charge on any atom is -0.456 e. The Balaban J connectivity index is 1.76. The van der Waals surface area contributed by atoms with Crippen LogP contribution in [0.15, 0.2) is 40.8 Å². The van der Waals surface area contributed by atoms with Gasteiger partial charge in [0.2, 0.25) is 5.91 Å². The van der Waals surface area contributed by atoms with Crippen molar-refractivity contribution in [1.82, 2.24) is 4.90 Å². The molecule has 0 saturated heterocycles. The van der Waals surface area contributed by atoms with Crippen LogP contribution in [0.3, 0.4) is 0 Å². The highest BCUT2D eigenvalue weighted by molar-refractivity contribution is 5.93. The zero-order valence-corrected chi connectivity index (χ0v) is 13.1. The second kappa shape index (κ2) is 6.28. The number of amides is 2. The molecule has 1 heterocycles. The molecule has 1 saturated carbocycles. The van der Waals surface area contributed by atoms with E-state index in [1.165, 1.54) is 0 Å². The van der Waals surface area contributed by atoms with Crippen LogP contribution in [0.5, 0.6) is 0 Å². The molecule has 0 radical (unpaired) electrons. The first-order valence-electron chi connectivity index (χ1n) is 7.87. The van der Waals surface area contributed by atoms with Crippen molar-refractivity contribution >= 4 is 11.8 Å². The fourth-order valence-corrected chi connectivity index (χ4v) is 2.55. The maximum Gasteiger partial charge on any atom is 0.290 e. The number of aryl methyl sites for hydroxylation is 1. The molecule has 1 aliphatic carbocycles. The highest BCUT2D eigenvalue weighted by Crippen LogP contribution is 2.30. The molecule has 120 valence electrons. The molecule has 1 aromatic carbocycles. The first-order valence-corrected chi connectivity index (χ1v) is 7.87. The van der Waals surface area contributed by atoms with E-state index in [4.69, 9.17) is 10.2 Å². The van der Waals surface area contributed by atoms with Gasteiger partial charge in [0.15, 0.2) is 5.76 Å². The minimum atomic E-state index is -0.450. The Kier molecular flexibility index (Phi) is 4.19. The van der Waals surface area contributed by atoms with Gasteiger partial charge in [-0.25, -0.2) is 0 Å². The summed E-state index contributed by atoms with van der Waals surface area (Å²) in [4.78, 5) is 25.7. The Morgan fingerprint density at radius 2 is 1.87 bits per heavy atom. The number of nitrogens with zero attached hydrogens (tertiary/aromatic N) is 1. The largest absolute Gasteiger partial charge is 0.456 e. The summed E-state index contributed by atoms with van der Waals surface area (Å²) in [6, 6.07) is 10.9. The maximum atomic E-state index is 12.7. The first kappa shape index (κ1) is 15.3. The van der Waals surface area contributed by atoms with Crippen molar-refractivity contribution < 1.29 is 14.0 Å². The third-order valence-electron chi connectivity index (χ3n) is 4.06. The van der Waals surface area contributed by atoms with Crippen LogP contribution in [0.1, 0.15) is 52.0 Å². The van der Waals surface area contributed by atoms with Crippen molar-refractivity contribution in [1.29, 1.82) is 0 Å². The Labute approximate surface area is 135 Å². The van der Waals surface area contributed by atoms with Gasteiger partial charge in [-0.15, -0.1) is 0 Å². The van der Waals surface area contributed by atoms with E-state index >= 15 is 0 Å². The molecule has 0 bridgehead atoms. The van der Waals surface area contributed by atoms with E-state index in [2.05, 4.69) is 0 Å². The van der Waals surface area contributed by atoms with E-state index in [9.17, 15) is 9.59 Å². The number of nitrogens with two attached hydrogens (primary N) is 1. The van der Waals surface area contributed by atoms with Crippen LogP contribution in [0.4, 0.5) is 0 Å². The summed E-state index contributed by atoms with van der Waals surface area (Å²) < 4.78 is 5.59. The van der Waals surface area contributed by atoms with Gasteiger partial charge in [-0.3, -0.25) is 9.59 Å². The maximum absolute atomic E-state index is 12.7. The van der Waals surface area contributed by atoms with Crippen LogP contribution < -0.4 is 5.73 Å². The highest BCUT2D eigenvalue weighted by Gasteiger charge is 2.34. The number of carbonyl (C=O) groups excluding carboxylic acids is 2. The topological polar surface area (TPSA) is 76.5 Å². The Morgan fingerprint density at radius 1 is 1.17 bits per heavy atom. The van der Waals surface area contributed by atoms with Gasteiger partial charge < -0.3 is 15.1 Å². The lowest BCUT2D eigenvalue weighted by Crippen LogP contribution is -2.32. The number of hydrogen-bond donors (Lipinski definition) is 1. The third-order valence-corrected chi connectivity index (χ3v) is 4.06. The third kappa shape index (κ3) is 3.44. The van der Waals surface area contributed by atoms with Crippen LogP contribution in [0.2, 0.25) is 0 Å². The van der Waals surface area contributed by atoms with E-state index in [-0.39, 0.29) is 11.9 Å². The zero-order chi connectivity index (χ0) is 16.4. The number of primary amides is 1. The molecule has 0 atom stereocenters. The second-order valence-electron chi connectivity index (χ2n) is 5.84. The fraction of sp³-hybridized carbons (Fsp3) is 0.333. The summed E-state index contributed by atoms with van der Waals surface area (Å²) >= 11 is 0. The van der Waals surface area contributed by atoms with Gasteiger partial charge in [0, 0.05) is 24.6 Å². The average molecular weight is 312 g/mol. The van der Waals surface area contributed by atoms with Gasteiger partial charge in [0.1, 0.15) is 5.76 Å². The molecule has 1 aromatic heterocycles. The van der Waals surface area contributed by atoms with Crippen molar-refractivity contribution in [3.63, 3.8) is 0 Å². The minimum absolute atomic E-state index is 0.0776. The van der Waals surface area contributed by atoms with Crippen LogP contribution in [-0.4, -0.2) is 22.8 Å². The molecule has 0 aliphatic heterocycles. The number of carbonyl (C=O) groups is 2. The van der Waals surface area contributed by atoms with Crippen molar-refractivity contribution in [2.45, 2.75) is 38.8 Å². The summed E-state index contributed by atoms with van der Waals surface area (Å²) in [5, 5.41) is 0. The van der Waals surface area contributed by atoms with Crippen molar-refractivity contribution in [2.75, 3.05) is 0 Å². The molecule has 2 amide bonds. The molecule has 0 unspecified atom stereocenters.